The van der Waals surface area contributed by atoms with Gasteiger partial charge in [0.05, 0.1) is 12.5 Å². The second-order valence-corrected chi connectivity index (χ2v) is 7.14. The highest BCUT2D eigenvalue weighted by molar-refractivity contribution is 7.80. The number of hydrogen-bond acceptors (Lipinski definition) is 9. The van der Waals surface area contributed by atoms with E-state index in [-0.39, 0.29) is 5.75 Å². The minimum Gasteiger partial charge on any atom is -0.481 e. The average molecular weight is 494 g/mol. The summed E-state index contributed by atoms with van der Waals surface area (Å²) in [7, 11) is 0. The first-order valence-electron chi connectivity index (χ1n) is 9.44. The van der Waals surface area contributed by atoms with Crippen LogP contribution in [0.15, 0.2) is 0 Å². The molecule has 0 fully saturated rings. The highest BCUT2D eigenvalue weighted by atomic mass is 32.1. The zero-order valence-electron chi connectivity index (χ0n) is 17.2. The van der Waals surface area contributed by atoms with E-state index in [4.69, 9.17) is 26.2 Å². The average Bonchev–Trinajstić information content (AvgIpc) is 2.70. The number of carboxylic acids is 4. The summed E-state index contributed by atoms with van der Waals surface area (Å²) in [5, 5.41) is 41.7. The highest BCUT2D eigenvalue weighted by Gasteiger charge is 2.30. The molecular formula is C17H26N4O11S. The molecule has 16 heteroatoms. The molecule has 3 amide bonds. The van der Waals surface area contributed by atoms with Crippen molar-refractivity contribution in [1.29, 1.82) is 0 Å². The smallest absolute Gasteiger partial charge is 0.326 e. The van der Waals surface area contributed by atoms with Gasteiger partial charge >= 0.3 is 23.9 Å². The molecule has 0 aromatic heterocycles. The van der Waals surface area contributed by atoms with Crippen LogP contribution in [0.4, 0.5) is 0 Å². The largest absolute Gasteiger partial charge is 0.481 e. The molecule has 0 aliphatic heterocycles. The van der Waals surface area contributed by atoms with Crippen molar-refractivity contribution in [3.8, 4) is 0 Å². The predicted octanol–water partition coefficient (Wildman–Crippen LogP) is -3.01. The fraction of sp³-hybridized carbons (Fsp3) is 0.588. The van der Waals surface area contributed by atoms with Crippen molar-refractivity contribution in [2.24, 2.45) is 5.73 Å². The fourth-order valence-corrected chi connectivity index (χ4v) is 2.62. The molecule has 0 aromatic rings. The lowest BCUT2D eigenvalue weighted by Crippen LogP contribution is -2.57. The van der Waals surface area contributed by atoms with Crippen LogP contribution < -0.4 is 21.7 Å². The van der Waals surface area contributed by atoms with Crippen LogP contribution in [-0.2, 0) is 33.6 Å². The highest BCUT2D eigenvalue weighted by Crippen LogP contribution is 2.03. The van der Waals surface area contributed by atoms with Crippen LogP contribution in [0.5, 0.6) is 0 Å². The molecule has 9 N–H and O–H groups in total. The Labute approximate surface area is 192 Å². The Hall–Kier alpha value is -3.40. The first-order chi connectivity index (χ1) is 15.3. The molecule has 33 heavy (non-hydrogen) atoms. The Morgan fingerprint density at radius 2 is 1.09 bits per heavy atom. The zero-order chi connectivity index (χ0) is 25.7. The van der Waals surface area contributed by atoms with Crippen LogP contribution in [0.3, 0.4) is 0 Å². The van der Waals surface area contributed by atoms with Gasteiger partial charge in [-0.3, -0.25) is 28.8 Å². The van der Waals surface area contributed by atoms with Gasteiger partial charge in [0.1, 0.15) is 18.1 Å². The number of amides is 3. The van der Waals surface area contributed by atoms with E-state index in [1.807, 2.05) is 0 Å². The van der Waals surface area contributed by atoms with Crippen molar-refractivity contribution in [2.75, 3.05) is 5.75 Å². The summed E-state index contributed by atoms with van der Waals surface area (Å²) in [5.74, 6) is -8.90. The van der Waals surface area contributed by atoms with Gasteiger partial charge in [-0.15, -0.1) is 0 Å². The first kappa shape index (κ1) is 29.6. The van der Waals surface area contributed by atoms with Gasteiger partial charge in [0.15, 0.2) is 0 Å². The third kappa shape index (κ3) is 12.3. The second kappa shape index (κ2) is 14.6. The van der Waals surface area contributed by atoms with Gasteiger partial charge in [0, 0.05) is 18.6 Å². The van der Waals surface area contributed by atoms with Gasteiger partial charge < -0.3 is 42.1 Å². The molecule has 0 saturated carbocycles. The predicted molar refractivity (Wildman–Crippen MR) is 111 cm³/mol. The van der Waals surface area contributed by atoms with Gasteiger partial charge in [0.25, 0.3) is 0 Å². The molecular weight excluding hydrogens is 468 g/mol. The maximum Gasteiger partial charge on any atom is 0.326 e. The number of nitrogens with one attached hydrogen (secondary N) is 3. The van der Waals surface area contributed by atoms with Gasteiger partial charge in [-0.25, -0.2) is 4.79 Å². The van der Waals surface area contributed by atoms with Crippen LogP contribution >= 0.6 is 12.6 Å². The minimum absolute atomic E-state index is 0.332. The Bertz CT molecular complexity index is 776. The van der Waals surface area contributed by atoms with Crippen molar-refractivity contribution in [1.82, 2.24) is 16.0 Å². The third-order valence-electron chi connectivity index (χ3n) is 4.09. The molecule has 186 valence electrons. The fourth-order valence-electron chi connectivity index (χ4n) is 2.36. The SMILES string of the molecule is NC(CC(=O)O)C(=O)NC(CCC(=O)O)C(=O)NC(CS)C(=O)NC(CCC(=O)O)C(=O)O. The van der Waals surface area contributed by atoms with Crippen molar-refractivity contribution >= 4 is 54.2 Å². The molecule has 0 bridgehead atoms. The number of carboxylic acid groups (broad SMARTS) is 4. The lowest BCUT2D eigenvalue weighted by molar-refractivity contribution is -0.143. The van der Waals surface area contributed by atoms with Crippen LogP contribution in [0, 0.1) is 0 Å². The summed E-state index contributed by atoms with van der Waals surface area (Å²) >= 11 is 3.90. The minimum atomic E-state index is -1.57. The number of hydrogen-bond donors (Lipinski definition) is 9. The number of aliphatic carboxylic acids is 4. The van der Waals surface area contributed by atoms with Gasteiger partial charge in [-0.1, -0.05) is 0 Å². The first-order valence-corrected chi connectivity index (χ1v) is 10.1. The summed E-state index contributed by atoms with van der Waals surface area (Å²) in [6, 6.07) is -6.03. The topological polar surface area (TPSA) is 263 Å². The lowest BCUT2D eigenvalue weighted by Gasteiger charge is -2.24. The Balaban J connectivity index is 5.31. The molecule has 0 aliphatic rings. The molecule has 0 saturated heterocycles. The summed E-state index contributed by atoms with van der Waals surface area (Å²) in [6.45, 7) is 0. The van der Waals surface area contributed by atoms with Gasteiger partial charge in [-0.2, -0.15) is 12.6 Å². The maximum atomic E-state index is 12.6. The number of carbonyl (C=O) groups excluding carboxylic acids is 3. The van der Waals surface area contributed by atoms with E-state index in [0.29, 0.717) is 0 Å². The molecule has 0 rings (SSSR count). The van der Waals surface area contributed by atoms with Crippen molar-refractivity contribution in [3.63, 3.8) is 0 Å². The third-order valence-corrected chi connectivity index (χ3v) is 4.45. The molecule has 0 aromatic carbocycles. The normalized spacial score (nSPS) is 14.1. The van der Waals surface area contributed by atoms with E-state index in [1.165, 1.54) is 0 Å². The number of thiol groups is 1. The van der Waals surface area contributed by atoms with Crippen LogP contribution in [0.1, 0.15) is 32.1 Å². The Kier molecular flexibility index (Phi) is 13.1. The number of rotatable bonds is 16. The standard InChI is InChI=1S/C17H26N4O11S/c18-7(5-13(26)27)14(28)19-8(1-3-11(22)23)15(29)21-10(6-33)16(30)20-9(17(31)32)2-4-12(24)25/h7-10,33H,1-6,18H2,(H,19,28)(H,20,30)(H,21,29)(H,22,23)(H,24,25)(H,26,27)(H,31,32). The van der Waals surface area contributed by atoms with Crippen LogP contribution in [0.2, 0.25) is 0 Å². The van der Waals surface area contributed by atoms with Crippen LogP contribution in [0.25, 0.3) is 0 Å². The van der Waals surface area contributed by atoms with Crippen molar-refractivity contribution in [2.45, 2.75) is 56.3 Å². The second-order valence-electron chi connectivity index (χ2n) is 6.77. The lowest BCUT2D eigenvalue weighted by atomic mass is 10.1. The monoisotopic (exact) mass is 494 g/mol. The zero-order valence-corrected chi connectivity index (χ0v) is 18.1. The Morgan fingerprint density at radius 1 is 0.667 bits per heavy atom. The Morgan fingerprint density at radius 3 is 1.52 bits per heavy atom. The van der Waals surface area contributed by atoms with E-state index >= 15 is 0 Å². The molecule has 4 unspecified atom stereocenters. The van der Waals surface area contributed by atoms with Crippen molar-refractivity contribution < 1.29 is 54.0 Å². The summed E-state index contributed by atoms with van der Waals surface area (Å²) in [5.41, 5.74) is 5.42. The summed E-state index contributed by atoms with van der Waals surface area (Å²) < 4.78 is 0. The molecule has 0 heterocycles. The van der Waals surface area contributed by atoms with E-state index in [1.54, 1.807) is 0 Å². The summed E-state index contributed by atoms with van der Waals surface area (Å²) in [6.07, 6.45) is -2.73. The molecule has 4 atom stereocenters. The number of carbonyl (C=O) groups is 7. The number of nitrogens with two attached hydrogens (primary N) is 1. The quantitative estimate of drug-likeness (QED) is 0.0971. The van der Waals surface area contributed by atoms with Gasteiger partial charge in [-0.05, 0) is 12.8 Å². The molecule has 15 nitrogen and oxygen atoms in total. The van der Waals surface area contributed by atoms with E-state index in [0.717, 1.165) is 0 Å². The van der Waals surface area contributed by atoms with Gasteiger partial charge in [0.2, 0.25) is 17.7 Å². The maximum absolute atomic E-state index is 12.6. The van der Waals surface area contributed by atoms with E-state index in [9.17, 15) is 33.6 Å². The van der Waals surface area contributed by atoms with Crippen molar-refractivity contribution in [3.05, 3.63) is 0 Å². The van der Waals surface area contributed by atoms with E-state index in [2.05, 4.69) is 28.6 Å². The van der Waals surface area contributed by atoms with E-state index < -0.39 is 97.9 Å². The molecule has 0 spiro atoms. The van der Waals surface area contributed by atoms with Crippen LogP contribution in [-0.4, -0.2) is 91.9 Å². The summed E-state index contributed by atoms with van der Waals surface area (Å²) in [4.78, 5) is 80.4. The molecule has 0 radical (unpaired) electrons. The molecule has 0 aliphatic carbocycles.